The van der Waals surface area contributed by atoms with Gasteiger partial charge in [0.2, 0.25) is 20.0 Å². The van der Waals surface area contributed by atoms with E-state index < -0.39 is 25.9 Å². The van der Waals surface area contributed by atoms with E-state index in [1.165, 1.54) is 17.3 Å². The van der Waals surface area contributed by atoms with Gasteiger partial charge in [0.1, 0.15) is 5.82 Å². The lowest BCUT2D eigenvalue weighted by atomic mass is 10.1. The summed E-state index contributed by atoms with van der Waals surface area (Å²) in [5, 5.41) is 0. The minimum absolute atomic E-state index is 0.189. The van der Waals surface area contributed by atoms with Gasteiger partial charge in [-0.05, 0) is 38.0 Å². The highest BCUT2D eigenvalue weighted by Gasteiger charge is 2.29. The van der Waals surface area contributed by atoms with Gasteiger partial charge < -0.3 is 5.73 Å². The fourth-order valence-corrected chi connectivity index (χ4v) is 4.51. The third-order valence-electron chi connectivity index (χ3n) is 3.64. The first-order chi connectivity index (χ1) is 10.7. The van der Waals surface area contributed by atoms with Crippen LogP contribution in [0, 0.1) is 5.82 Å². The summed E-state index contributed by atoms with van der Waals surface area (Å²) in [6.45, 7) is 1.94. The van der Waals surface area contributed by atoms with E-state index in [1.807, 2.05) is 0 Å². The van der Waals surface area contributed by atoms with Gasteiger partial charge >= 0.3 is 0 Å². The zero-order valence-electron chi connectivity index (χ0n) is 12.7. The SMILES string of the molecule is CCS(=O)(=O)Nc1ccc(S(=O)(=O)N2CCCC(N)C2)cc1F. The summed E-state index contributed by atoms with van der Waals surface area (Å²) in [6.07, 6.45) is 1.40. The Kier molecular flexibility index (Phi) is 5.29. The maximum Gasteiger partial charge on any atom is 0.243 e. The molecule has 1 aromatic rings. The van der Waals surface area contributed by atoms with E-state index in [0.717, 1.165) is 18.6 Å². The molecule has 10 heteroatoms. The van der Waals surface area contributed by atoms with E-state index in [2.05, 4.69) is 4.72 Å². The molecular weight excluding hydrogens is 345 g/mol. The van der Waals surface area contributed by atoms with Crippen LogP contribution in [0.5, 0.6) is 0 Å². The van der Waals surface area contributed by atoms with Crippen LogP contribution in [0.4, 0.5) is 10.1 Å². The molecule has 0 saturated carbocycles. The normalized spacial score (nSPS) is 20.4. The van der Waals surface area contributed by atoms with Gasteiger partial charge in [0.25, 0.3) is 0 Å². The summed E-state index contributed by atoms with van der Waals surface area (Å²) >= 11 is 0. The summed E-state index contributed by atoms with van der Waals surface area (Å²) in [7, 11) is -7.48. The van der Waals surface area contributed by atoms with Crippen LogP contribution in [0.3, 0.4) is 0 Å². The lowest BCUT2D eigenvalue weighted by Gasteiger charge is -2.29. The molecule has 0 spiro atoms. The smallest absolute Gasteiger partial charge is 0.243 e. The van der Waals surface area contributed by atoms with Gasteiger partial charge in [-0.2, -0.15) is 4.31 Å². The summed E-state index contributed by atoms with van der Waals surface area (Å²) < 4.78 is 65.3. The number of anilines is 1. The molecule has 130 valence electrons. The first-order valence-corrected chi connectivity index (χ1v) is 10.3. The van der Waals surface area contributed by atoms with Crippen molar-refractivity contribution >= 4 is 25.7 Å². The summed E-state index contributed by atoms with van der Waals surface area (Å²) in [6, 6.07) is 2.88. The van der Waals surface area contributed by atoms with Gasteiger partial charge in [-0.25, -0.2) is 21.2 Å². The first kappa shape index (κ1) is 18.1. The van der Waals surface area contributed by atoms with E-state index >= 15 is 0 Å². The summed E-state index contributed by atoms with van der Waals surface area (Å²) in [5.74, 6) is -1.15. The Labute approximate surface area is 135 Å². The van der Waals surface area contributed by atoms with Crippen LogP contribution < -0.4 is 10.5 Å². The zero-order valence-corrected chi connectivity index (χ0v) is 14.3. The van der Waals surface area contributed by atoms with Crippen molar-refractivity contribution in [3.8, 4) is 0 Å². The molecule has 1 heterocycles. The largest absolute Gasteiger partial charge is 0.327 e. The number of sulfonamides is 2. The molecule has 0 aromatic heterocycles. The molecule has 0 aliphatic carbocycles. The maximum absolute atomic E-state index is 14.1. The van der Waals surface area contributed by atoms with Crippen LogP contribution in [0.2, 0.25) is 0 Å². The van der Waals surface area contributed by atoms with Gasteiger partial charge in [-0.3, -0.25) is 4.72 Å². The van der Waals surface area contributed by atoms with Crippen molar-refractivity contribution in [2.45, 2.75) is 30.7 Å². The average molecular weight is 365 g/mol. The molecule has 1 aliphatic heterocycles. The predicted molar refractivity (Wildman–Crippen MR) is 85.5 cm³/mol. The molecule has 1 unspecified atom stereocenters. The highest BCUT2D eigenvalue weighted by atomic mass is 32.2. The third kappa shape index (κ3) is 4.19. The number of nitrogens with two attached hydrogens (primary N) is 1. The van der Waals surface area contributed by atoms with Crippen molar-refractivity contribution in [3.63, 3.8) is 0 Å². The number of hydrogen-bond acceptors (Lipinski definition) is 5. The van der Waals surface area contributed by atoms with E-state index in [9.17, 15) is 21.2 Å². The number of benzene rings is 1. The van der Waals surface area contributed by atoms with Gasteiger partial charge in [-0.15, -0.1) is 0 Å². The average Bonchev–Trinajstić information content (AvgIpc) is 2.49. The van der Waals surface area contributed by atoms with Crippen molar-refractivity contribution in [1.82, 2.24) is 4.31 Å². The van der Waals surface area contributed by atoms with Crippen LogP contribution in [0.1, 0.15) is 19.8 Å². The van der Waals surface area contributed by atoms with Crippen LogP contribution in [-0.4, -0.2) is 46.0 Å². The van der Waals surface area contributed by atoms with Crippen LogP contribution in [0.25, 0.3) is 0 Å². The molecule has 7 nitrogen and oxygen atoms in total. The number of piperidine rings is 1. The van der Waals surface area contributed by atoms with Gasteiger partial charge in [-0.1, -0.05) is 0 Å². The molecular formula is C13H20FN3O4S2. The lowest BCUT2D eigenvalue weighted by Crippen LogP contribution is -2.45. The Balaban J connectivity index is 2.29. The molecule has 0 bridgehead atoms. The van der Waals surface area contributed by atoms with Gasteiger partial charge in [0.05, 0.1) is 16.3 Å². The Morgan fingerprint density at radius 3 is 2.61 bits per heavy atom. The van der Waals surface area contributed by atoms with Crippen LogP contribution in [-0.2, 0) is 20.0 Å². The Bertz CT molecular complexity index is 780. The second kappa shape index (κ2) is 6.71. The minimum Gasteiger partial charge on any atom is -0.327 e. The second-order valence-corrected chi connectivity index (χ2v) is 9.36. The van der Waals surface area contributed by atoms with Crippen molar-refractivity contribution in [1.29, 1.82) is 0 Å². The van der Waals surface area contributed by atoms with E-state index in [-0.39, 0.29) is 28.9 Å². The maximum atomic E-state index is 14.1. The minimum atomic E-state index is -3.85. The molecule has 1 aromatic carbocycles. The molecule has 1 atom stereocenters. The Hall–Kier alpha value is -1.23. The monoisotopic (exact) mass is 365 g/mol. The standard InChI is InChI=1S/C13H20FN3O4S2/c1-2-22(18,19)16-13-6-5-11(8-12(13)14)23(20,21)17-7-3-4-10(15)9-17/h5-6,8,10,16H,2-4,7,9,15H2,1H3. The van der Waals surface area contributed by atoms with Gasteiger partial charge in [0, 0.05) is 19.1 Å². The Morgan fingerprint density at radius 1 is 1.35 bits per heavy atom. The second-order valence-electron chi connectivity index (χ2n) is 5.41. The van der Waals surface area contributed by atoms with Crippen LogP contribution in [0.15, 0.2) is 23.1 Å². The molecule has 0 amide bonds. The molecule has 23 heavy (non-hydrogen) atoms. The predicted octanol–water partition coefficient (Wildman–Crippen LogP) is 0.699. The van der Waals surface area contributed by atoms with Crippen molar-refractivity contribution in [2.75, 3.05) is 23.6 Å². The van der Waals surface area contributed by atoms with E-state index in [1.54, 1.807) is 0 Å². The number of halogens is 1. The fourth-order valence-electron chi connectivity index (χ4n) is 2.32. The molecule has 2 rings (SSSR count). The molecule has 1 fully saturated rings. The first-order valence-electron chi connectivity index (χ1n) is 7.21. The summed E-state index contributed by atoms with van der Waals surface area (Å²) in [5.41, 5.74) is 5.51. The topological polar surface area (TPSA) is 110 Å². The van der Waals surface area contributed by atoms with Crippen molar-refractivity contribution in [3.05, 3.63) is 24.0 Å². The van der Waals surface area contributed by atoms with E-state index in [4.69, 9.17) is 5.73 Å². The van der Waals surface area contributed by atoms with Gasteiger partial charge in [0.15, 0.2) is 0 Å². The number of hydrogen-bond donors (Lipinski definition) is 2. The van der Waals surface area contributed by atoms with Crippen molar-refractivity contribution in [2.24, 2.45) is 5.73 Å². The molecule has 1 saturated heterocycles. The highest BCUT2D eigenvalue weighted by Crippen LogP contribution is 2.24. The van der Waals surface area contributed by atoms with Crippen LogP contribution >= 0.6 is 0 Å². The quantitative estimate of drug-likeness (QED) is 0.798. The summed E-state index contributed by atoms with van der Waals surface area (Å²) in [4.78, 5) is -0.219. The number of nitrogens with zero attached hydrogens (tertiary/aromatic N) is 1. The lowest BCUT2D eigenvalue weighted by molar-refractivity contribution is 0.316. The van der Waals surface area contributed by atoms with E-state index in [0.29, 0.717) is 13.0 Å². The number of nitrogens with one attached hydrogen (secondary N) is 1. The Morgan fingerprint density at radius 2 is 2.04 bits per heavy atom. The highest BCUT2D eigenvalue weighted by molar-refractivity contribution is 7.92. The fraction of sp³-hybridized carbons (Fsp3) is 0.538. The number of rotatable bonds is 5. The molecule has 3 N–H and O–H groups in total. The molecule has 1 aliphatic rings. The zero-order chi connectivity index (χ0) is 17.3. The molecule has 0 radical (unpaired) electrons. The van der Waals surface area contributed by atoms with Crippen molar-refractivity contribution < 1.29 is 21.2 Å². The third-order valence-corrected chi connectivity index (χ3v) is 6.80.